The lowest BCUT2D eigenvalue weighted by molar-refractivity contribution is 0.765. The molecule has 0 bridgehead atoms. The van der Waals surface area contributed by atoms with Gasteiger partial charge in [-0.3, -0.25) is 0 Å². The Hall–Kier alpha value is -1.54. The van der Waals surface area contributed by atoms with E-state index in [9.17, 15) is 0 Å². The molecule has 18 heavy (non-hydrogen) atoms. The first-order valence-corrected chi connectivity index (χ1v) is 6.59. The second-order valence-electron chi connectivity index (χ2n) is 4.71. The van der Waals surface area contributed by atoms with E-state index < -0.39 is 0 Å². The molecule has 3 rings (SSSR count). The van der Waals surface area contributed by atoms with E-state index in [-0.39, 0.29) is 11.4 Å². The lowest BCUT2D eigenvalue weighted by Gasteiger charge is -2.19. The summed E-state index contributed by atoms with van der Waals surface area (Å²) >= 11 is 6.46. The summed E-state index contributed by atoms with van der Waals surface area (Å²) in [6, 6.07) is 12.6. The number of nitrogens with one attached hydrogen (secondary N) is 1. The van der Waals surface area contributed by atoms with E-state index in [1.54, 1.807) is 6.20 Å². The molecule has 1 aliphatic carbocycles. The van der Waals surface area contributed by atoms with Crippen LogP contribution in [0.1, 0.15) is 22.7 Å². The molecule has 2 unspecified atom stereocenters. The van der Waals surface area contributed by atoms with Crippen molar-refractivity contribution < 1.29 is 0 Å². The van der Waals surface area contributed by atoms with Crippen LogP contribution in [0.5, 0.6) is 0 Å². The van der Waals surface area contributed by atoms with Gasteiger partial charge in [0.2, 0.25) is 0 Å². The second kappa shape index (κ2) is 4.62. The molecule has 1 aliphatic rings. The number of hydrogen-bond acceptors (Lipinski definition) is 2. The number of halogens is 1. The number of anilines is 1. The van der Waals surface area contributed by atoms with Gasteiger partial charge < -0.3 is 5.32 Å². The van der Waals surface area contributed by atoms with E-state index in [1.807, 2.05) is 6.07 Å². The Morgan fingerprint density at radius 1 is 1.22 bits per heavy atom. The smallest absolute Gasteiger partial charge is 0.129 e. The lowest BCUT2D eigenvalue weighted by Crippen LogP contribution is -2.18. The van der Waals surface area contributed by atoms with Crippen LogP contribution in [0, 0.1) is 6.92 Å². The van der Waals surface area contributed by atoms with Gasteiger partial charge in [-0.2, -0.15) is 0 Å². The zero-order chi connectivity index (χ0) is 12.5. The molecule has 0 saturated heterocycles. The molecular formula is C15H15ClN2. The fraction of sp³-hybridized carbons (Fsp3) is 0.267. The van der Waals surface area contributed by atoms with Gasteiger partial charge in [-0.15, -0.1) is 11.6 Å². The number of hydrogen-bond donors (Lipinski definition) is 1. The third-order valence-electron chi connectivity index (χ3n) is 3.47. The van der Waals surface area contributed by atoms with Crippen LogP contribution < -0.4 is 5.32 Å². The van der Waals surface area contributed by atoms with Crippen molar-refractivity contribution in [1.82, 2.24) is 4.98 Å². The molecule has 0 amide bonds. The quantitative estimate of drug-likeness (QED) is 0.831. The van der Waals surface area contributed by atoms with Crippen molar-refractivity contribution in [3.8, 4) is 0 Å². The molecule has 0 fully saturated rings. The summed E-state index contributed by atoms with van der Waals surface area (Å²) in [5, 5.41) is 3.56. The molecular weight excluding hydrogens is 244 g/mol. The molecule has 2 atom stereocenters. The number of pyridine rings is 1. The first-order chi connectivity index (χ1) is 8.75. The van der Waals surface area contributed by atoms with Crippen LogP contribution in [0.3, 0.4) is 0 Å². The Bertz CT molecular complexity index is 568. The Kier molecular flexibility index (Phi) is 2.96. The molecule has 1 aromatic carbocycles. The highest BCUT2D eigenvalue weighted by Crippen LogP contribution is 2.37. The minimum Gasteiger partial charge on any atom is -0.362 e. The Morgan fingerprint density at radius 3 is 2.89 bits per heavy atom. The summed E-state index contributed by atoms with van der Waals surface area (Å²) < 4.78 is 0. The number of rotatable bonds is 2. The highest BCUT2D eigenvalue weighted by atomic mass is 35.5. The number of benzene rings is 1. The van der Waals surface area contributed by atoms with Crippen molar-refractivity contribution in [3.05, 3.63) is 59.3 Å². The third-order valence-corrected chi connectivity index (χ3v) is 3.87. The van der Waals surface area contributed by atoms with Gasteiger partial charge in [0, 0.05) is 6.20 Å². The van der Waals surface area contributed by atoms with Gasteiger partial charge in [0.05, 0.1) is 11.4 Å². The van der Waals surface area contributed by atoms with E-state index in [4.69, 9.17) is 11.6 Å². The molecule has 1 aromatic heterocycles. The van der Waals surface area contributed by atoms with Gasteiger partial charge in [-0.25, -0.2) is 4.98 Å². The van der Waals surface area contributed by atoms with Crippen LogP contribution in [-0.4, -0.2) is 10.4 Å². The van der Waals surface area contributed by atoms with Gasteiger partial charge in [-0.1, -0.05) is 30.3 Å². The van der Waals surface area contributed by atoms with Crippen LogP contribution in [-0.2, 0) is 6.42 Å². The number of alkyl halides is 1. The van der Waals surface area contributed by atoms with Gasteiger partial charge >= 0.3 is 0 Å². The molecule has 0 spiro atoms. The average Bonchev–Trinajstić information content (AvgIpc) is 2.69. The second-order valence-corrected chi connectivity index (χ2v) is 5.27. The van der Waals surface area contributed by atoms with Gasteiger partial charge in [0.1, 0.15) is 5.82 Å². The summed E-state index contributed by atoms with van der Waals surface area (Å²) in [6.45, 7) is 2.05. The fourth-order valence-electron chi connectivity index (χ4n) is 2.50. The molecule has 0 radical (unpaired) electrons. The van der Waals surface area contributed by atoms with Crippen molar-refractivity contribution in [1.29, 1.82) is 0 Å². The van der Waals surface area contributed by atoms with Crippen molar-refractivity contribution in [2.45, 2.75) is 24.8 Å². The topological polar surface area (TPSA) is 24.9 Å². The van der Waals surface area contributed by atoms with Crippen molar-refractivity contribution in [2.75, 3.05) is 5.32 Å². The Morgan fingerprint density at radius 2 is 2.06 bits per heavy atom. The summed E-state index contributed by atoms with van der Waals surface area (Å²) in [7, 11) is 0. The standard InChI is InChI=1S/C15H15ClN2/c1-10-5-4-8-17-15(10)18-14-12-7-3-2-6-11(12)9-13(14)16/h2-8,13-14H,9H2,1H3,(H,17,18). The predicted molar refractivity (Wildman–Crippen MR) is 75.1 cm³/mol. The van der Waals surface area contributed by atoms with E-state index >= 15 is 0 Å². The molecule has 92 valence electrons. The number of aryl methyl sites for hydroxylation is 1. The first kappa shape index (κ1) is 11.5. The van der Waals surface area contributed by atoms with Crippen LogP contribution in [0.15, 0.2) is 42.6 Å². The zero-order valence-corrected chi connectivity index (χ0v) is 11.0. The molecule has 2 aromatic rings. The Balaban J connectivity index is 1.92. The molecule has 1 heterocycles. The monoisotopic (exact) mass is 258 g/mol. The number of fused-ring (bicyclic) bond motifs is 1. The maximum atomic E-state index is 6.46. The minimum absolute atomic E-state index is 0.0869. The van der Waals surface area contributed by atoms with E-state index in [2.05, 4.69) is 47.6 Å². The van der Waals surface area contributed by atoms with Gasteiger partial charge in [0.15, 0.2) is 0 Å². The maximum Gasteiger partial charge on any atom is 0.129 e. The van der Waals surface area contributed by atoms with Crippen LogP contribution in [0.4, 0.5) is 5.82 Å². The zero-order valence-electron chi connectivity index (χ0n) is 10.2. The molecule has 0 aliphatic heterocycles. The van der Waals surface area contributed by atoms with Gasteiger partial charge in [0.25, 0.3) is 0 Å². The summed E-state index contributed by atoms with van der Waals surface area (Å²) in [6.07, 6.45) is 2.72. The first-order valence-electron chi connectivity index (χ1n) is 6.16. The van der Waals surface area contributed by atoms with Crippen LogP contribution >= 0.6 is 11.6 Å². The Labute approximate surface area is 112 Å². The van der Waals surface area contributed by atoms with Gasteiger partial charge in [-0.05, 0) is 36.1 Å². The molecule has 0 saturated carbocycles. The summed E-state index contributed by atoms with van der Waals surface area (Å²) in [4.78, 5) is 4.38. The number of aromatic nitrogens is 1. The summed E-state index contributed by atoms with van der Waals surface area (Å²) in [5.41, 5.74) is 3.77. The van der Waals surface area contributed by atoms with Crippen molar-refractivity contribution in [3.63, 3.8) is 0 Å². The van der Waals surface area contributed by atoms with E-state index in [1.165, 1.54) is 11.1 Å². The normalized spacial score (nSPS) is 21.7. The fourth-order valence-corrected chi connectivity index (χ4v) is 2.86. The highest BCUT2D eigenvalue weighted by molar-refractivity contribution is 6.21. The average molecular weight is 259 g/mol. The van der Waals surface area contributed by atoms with E-state index in [0.29, 0.717) is 0 Å². The molecule has 1 N–H and O–H groups in total. The van der Waals surface area contributed by atoms with E-state index in [0.717, 1.165) is 17.8 Å². The lowest BCUT2D eigenvalue weighted by atomic mass is 10.1. The summed E-state index contributed by atoms with van der Waals surface area (Å²) in [5.74, 6) is 0.921. The SMILES string of the molecule is Cc1cccnc1NC1c2ccccc2CC1Cl. The van der Waals surface area contributed by atoms with Crippen LogP contribution in [0.2, 0.25) is 0 Å². The van der Waals surface area contributed by atoms with Crippen molar-refractivity contribution in [2.24, 2.45) is 0 Å². The minimum atomic E-state index is 0.0869. The van der Waals surface area contributed by atoms with Crippen LogP contribution in [0.25, 0.3) is 0 Å². The third kappa shape index (κ3) is 1.97. The number of nitrogens with zero attached hydrogens (tertiary/aromatic N) is 1. The molecule has 3 heteroatoms. The largest absolute Gasteiger partial charge is 0.362 e. The predicted octanol–water partition coefficient (Wildman–Crippen LogP) is 3.71. The maximum absolute atomic E-state index is 6.46. The highest BCUT2D eigenvalue weighted by Gasteiger charge is 2.30. The molecule has 2 nitrogen and oxygen atoms in total. The van der Waals surface area contributed by atoms with Crippen molar-refractivity contribution >= 4 is 17.4 Å².